The van der Waals surface area contributed by atoms with Gasteiger partial charge in [0, 0.05) is 23.9 Å². The summed E-state index contributed by atoms with van der Waals surface area (Å²) in [5.74, 6) is 2.08. The van der Waals surface area contributed by atoms with Gasteiger partial charge in [0.05, 0.1) is 12.7 Å². The molecule has 25 heavy (non-hydrogen) atoms. The molecule has 1 spiro atoms. The summed E-state index contributed by atoms with van der Waals surface area (Å²) in [7, 11) is 0. The fourth-order valence-corrected chi connectivity index (χ4v) is 9.25. The fraction of sp³-hybridized carbons (Fsp3) is 0.909. The average molecular weight is 344 g/mol. The highest BCUT2D eigenvalue weighted by Gasteiger charge is 2.71. The number of aliphatic hydroxyl groups excluding tert-OH is 1. The third-order valence-corrected chi connectivity index (χ3v) is 10.1. The predicted molar refractivity (Wildman–Crippen MR) is 96.8 cm³/mol. The smallest absolute Gasteiger partial charge is 0.116 e. The zero-order valence-corrected chi connectivity index (χ0v) is 15.7. The quantitative estimate of drug-likeness (QED) is 0.683. The molecule has 138 valence electrons. The molecular formula is C22H33NO2. The second-order valence-electron chi connectivity index (χ2n) is 10.6. The van der Waals surface area contributed by atoms with Gasteiger partial charge in [0.2, 0.25) is 0 Å². The lowest BCUT2D eigenvalue weighted by Crippen LogP contribution is -2.72. The third kappa shape index (κ3) is 1.62. The van der Waals surface area contributed by atoms with E-state index in [0.29, 0.717) is 28.9 Å². The molecule has 0 aromatic heterocycles. The maximum absolute atomic E-state index is 11.3. The van der Waals surface area contributed by atoms with E-state index in [2.05, 4.69) is 18.4 Å². The van der Waals surface area contributed by atoms with Crippen LogP contribution in [0.3, 0.4) is 0 Å². The molecule has 5 aliphatic carbocycles. The zero-order valence-electron chi connectivity index (χ0n) is 15.7. The summed E-state index contributed by atoms with van der Waals surface area (Å²) in [5, 5.41) is 11.3. The number of hydrogen-bond acceptors (Lipinski definition) is 3. The summed E-state index contributed by atoms with van der Waals surface area (Å²) in [6, 6.07) is 0. The van der Waals surface area contributed by atoms with Crippen molar-refractivity contribution in [3.63, 3.8) is 0 Å². The van der Waals surface area contributed by atoms with Crippen molar-refractivity contribution >= 4 is 0 Å². The van der Waals surface area contributed by atoms with Crippen LogP contribution in [-0.2, 0) is 4.74 Å². The molecule has 3 nitrogen and oxygen atoms in total. The van der Waals surface area contributed by atoms with Crippen LogP contribution in [-0.4, -0.2) is 42.0 Å². The Labute approximate surface area is 151 Å². The lowest BCUT2D eigenvalue weighted by atomic mass is 9.34. The summed E-state index contributed by atoms with van der Waals surface area (Å²) in [6.07, 6.45) is 10.6. The van der Waals surface area contributed by atoms with Gasteiger partial charge in [-0.3, -0.25) is 4.90 Å². The first-order valence-corrected chi connectivity index (χ1v) is 10.7. The van der Waals surface area contributed by atoms with Crippen molar-refractivity contribution in [2.45, 2.75) is 70.6 Å². The first-order valence-electron chi connectivity index (χ1n) is 10.7. The Morgan fingerprint density at radius 1 is 1.12 bits per heavy atom. The minimum atomic E-state index is -0.235. The van der Waals surface area contributed by atoms with Crippen LogP contribution in [0.4, 0.5) is 0 Å². The molecule has 2 aliphatic heterocycles. The van der Waals surface area contributed by atoms with Crippen LogP contribution in [0.2, 0.25) is 0 Å². The van der Waals surface area contributed by atoms with Crippen LogP contribution in [0, 0.1) is 34.0 Å². The molecule has 0 aromatic carbocycles. The Kier molecular flexibility index (Phi) is 2.95. The van der Waals surface area contributed by atoms with Gasteiger partial charge in [0.25, 0.3) is 0 Å². The molecule has 0 amide bonds. The van der Waals surface area contributed by atoms with Crippen molar-refractivity contribution in [3.05, 3.63) is 12.2 Å². The number of nitrogens with zero attached hydrogens (tertiary/aromatic N) is 1. The molecule has 7 aliphatic rings. The van der Waals surface area contributed by atoms with E-state index in [4.69, 9.17) is 4.74 Å². The van der Waals surface area contributed by atoms with Crippen molar-refractivity contribution in [1.29, 1.82) is 0 Å². The maximum atomic E-state index is 11.3. The van der Waals surface area contributed by atoms with Gasteiger partial charge in [0.1, 0.15) is 6.23 Å². The van der Waals surface area contributed by atoms with E-state index >= 15 is 0 Å². The van der Waals surface area contributed by atoms with E-state index in [0.717, 1.165) is 19.1 Å². The largest absolute Gasteiger partial charge is 0.388 e. The van der Waals surface area contributed by atoms with Gasteiger partial charge in [-0.25, -0.2) is 0 Å². The van der Waals surface area contributed by atoms with Gasteiger partial charge in [-0.2, -0.15) is 0 Å². The normalized spacial score (nSPS) is 60.1. The molecule has 7 rings (SSSR count). The van der Waals surface area contributed by atoms with E-state index in [1.54, 1.807) is 0 Å². The van der Waals surface area contributed by atoms with E-state index in [1.165, 1.54) is 63.5 Å². The first-order chi connectivity index (χ1) is 12.0. The Balaban J connectivity index is 1.49. The SMILES string of the molecule is C=C1[C@@H]2CC[C@]3(CC[C@@H]4[C@]5(C)CCC[C@@]4(CN4CCO[C@@H]45)[C@H]3C2)[C@@H]1O. The van der Waals surface area contributed by atoms with Crippen LogP contribution in [0.1, 0.15) is 58.3 Å². The molecule has 5 saturated carbocycles. The van der Waals surface area contributed by atoms with E-state index < -0.39 is 0 Å². The van der Waals surface area contributed by atoms with Crippen molar-refractivity contribution in [1.82, 2.24) is 4.90 Å². The van der Waals surface area contributed by atoms with Crippen LogP contribution in [0.25, 0.3) is 0 Å². The van der Waals surface area contributed by atoms with Gasteiger partial charge >= 0.3 is 0 Å². The van der Waals surface area contributed by atoms with Gasteiger partial charge in [-0.15, -0.1) is 0 Å². The molecule has 0 aromatic rings. The minimum Gasteiger partial charge on any atom is -0.388 e. The molecule has 2 heterocycles. The van der Waals surface area contributed by atoms with E-state index in [9.17, 15) is 5.11 Å². The fourth-order valence-electron chi connectivity index (χ4n) is 9.25. The summed E-state index contributed by atoms with van der Waals surface area (Å²) in [6.45, 7) is 10.1. The Morgan fingerprint density at radius 3 is 2.84 bits per heavy atom. The number of aliphatic hydroxyl groups is 1. The Hall–Kier alpha value is -0.380. The number of piperidine rings is 1. The van der Waals surface area contributed by atoms with E-state index in [-0.39, 0.29) is 11.5 Å². The molecule has 0 radical (unpaired) electrons. The lowest BCUT2D eigenvalue weighted by Gasteiger charge is -2.73. The van der Waals surface area contributed by atoms with Crippen LogP contribution in [0.5, 0.6) is 0 Å². The topological polar surface area (TPSA) is 32.7 Å². The molecule has 3 heteroatoms. The molecule has 8 atom stereocenters. The van der Waals surface area contributed by atoms with Crippen molar-refractivity contribution in [3.8, 4) is 0 Å². The standard InChI is InChI=1S/C22H33NO2/c1-14-15-4-8-21(18(14)24)9-5-16-20(2)6-3-7-22(16,17(21)12-15)13-23-10-11-25-19(20)23/h15-19,24H,1,3-13H2,2H3/t15-,16-,17+,18-,19-,20+,21-,22+/m1/s1. The van der Waals surface area contributed by atoms with Gasteiger partial charge in [-0.05, 0) is 73.7 Å². The first kappa shape index (κ1) is 15.7. The second-order valence-corrected chi connectivity index (χ2v) is 10.6. The maximum Gasteiger partial charge on any atom is 0.116 e. The van der Waals surface area contributed by atoms with Crippen LogP contribution < -0.4 is 0 Å². The van der Waals surface area contributed by atoms with Crippen molar-refractivity contribution in [2.24, 2.45) is 34.0 Å². The highest BCUT2D eigenvalue weighted by molar-refractivity contribution is 5.28. The Bertz CT molecular complexity index is 634. The van der Waals surface area contributed by atoms with E-state index in [1.807, 2.05) is 0 Å². The Morgan fingerprint density at radius 2 is 1.96 bits per heavy atom. The van der Waals surface area contributed by atoms with Crippen molar-refractivity contribution < 1.29 is 9.84 Å². The summed E-state index contributed by atoms with van der Waals surface area (Å²) in [5.41, 5.74) is 2.07. The molecule has 4 bridgehead atoms. The van der Waals surface area contributed by atoms with Gasteiger partial charge < -0.3 is 9.84 Å². The molecule has 7 fully saturated rings. The molecule has 1 N–H and O–H groups in total. The lowest BCUT2D eigenvalue weighted by molar-refractivity contribution is -0.273. The van der Waals surface area contributed by atoms with Gasteiger partial charge in [-0.1, -0.05) is 19.9 Å². The van der Waals surface area contributed by atoms with Crippen LogP contribution in [0.15, 0.2) is 12.2 Å². The highest BCUT2D eigenvalue weighted by Crippen LogP contribution is 2.74. The number of hydrogen-bond donors (Lipinski definition) is 1. The average Bonchev–Trinajstić information content (AvgIpc) is 3.07. The second kappa shape index (κ2) is 4.72. The minimum absolute atomic E-state index is 0.147. The zero-order chi connectivity index (χ0) is 17.0. The summed E-state index contributed by atoms with van der Waals surface area (Å²) in [4.78, 5) is 2.69. The van der Waals surface area contributed by atoms with Crippen LogP contribution >= 0.6 is 0 Å². The summed E-state index contributed by atoms with van der Waals surface area (Å²) < 4.78 is 6.29. The predicted octanol–water partition coefficient (Wildman–Crippen LogP) is 3.58. The molecular weight excluding hydrogens is 310 g/mol. The van der Waals surface area contributed by atoms with Crippen molar-refractivity contribution in [2.75, 3.05) is 19.7 Å². The third-order valence-electron chi connectivity index (χ3n) is 10.1. The number of rotatable bonds is 0. The number of ether oxygens (including phenoxy) is 1. The molecule has 0 unspecified atom stereocenters. The monoisotopic (exact) mass is 343 g/mol. The molecule has 2 saturated heterocycles. The highest BCUT2D eigenvalue weighted by atomic mass is 16.5. The number of fused-ring (bicyclic) bond motifs is 4. The summed E-state index contributed by atoms with van der Waals surface area (Å²) >= 11 is 0. The van der Waals surface area contributed by atoms with Gasteiger partial charge in [0.15, 0.2) is 0 Å².